The summed E-state index contributed by atoms with van der Waals surface area (Å²) in [6.07, 6.45) is 0. The Hall–Kier alpha value is -1.58. The van der Waals surface area contributed by atoms with Crippen LogP contribution in [-0.4, -0.2) is 18.2 Å². The Kier molecular flexibility index (Phi) is 2.74. The average molecular weight is 198 g/mol. The van der Waals surface area contributed by atoms with Gasteiger partial charge in [0.2, 0.25) is 5.67 Å². The summed E-state index contributed by atoms with van der Waals surface area (Å²) in [5.41, 5.74) is -2.25. The largest absolute Gasteiger partial charge is 0.497 e. The number of methoxy groups -OCH3 is 1. The summed E-state index contributed by atoms with van der Waals surface area (Å²) in [6, 6.07) is 5.84. The Bertz CT molecular complexity index is 330. The highest BCUT2D eigenvalue weighted by Gasteiger charge is 2.34. The molecule has 0 fully saturated rings. The van der Waals surface area contributed by atoms with Crippen molar-refractivity contribution in [1.82, 2.24) is 0 Å². The third kappa shape index (κ3) is 1.84. The molecule has 1 atom stereocenters. The molecule has 0 aliphatic heterocycles. The lowest BCUT2D eigenvalue weighted by molar-refractivity contribution is -0.150. The number of ether oxygens (including phenoxy) is 1. The lowest BCUT2D eigenvalue weighted by atomic mass is 9.98. The molecule has 1 aromatic carbocycles. The number of hydrogen-bond donors (Lipinski definition) is 1. The molecule has 0 saturated heterocycles. The monoisotopic (exact) mass is 198 g/mol. The molecule has 1 unspecified atom stereocenters. The van der Waals surface area contributed by atoms with Crippen LogP contribution < -0.4 is 4.74 Å². The quantitative estimate of drug-likeness (QED) is 0.807. The lowest BCUT2D eigenvalue weighted by Crippen LogP contribution is -2.26. The second kappa shape index (κ2) is 3.65. The molecule has 0 aromatic heterocycles. The van der Waals surface area contributed by atoms with E-state index in [0.29, 0.717) is 5.75 Å². The number of carboxylic acids is 1. The molecule has 0 aliphatic carbocycles. The first-order valence-electron chi connectivity index (χ1n) is 4.05. The van der Waals surface area contributed by atoms with Crippen molar-refractivity contribution in [3.05, 3.63) is 29.8 Å². The van der Waals surface area contributed by atoms with Crippen LogP contribution in [0.15, 0.2) is 24.3 Å². The Morgan fingerprint density at radius 2 is 1.93 bits per heavy atom. The van der Waals surface area contributed by atoms with Crippen molar-refractivity contribution in [2.75, 3.05) is 7.11 Å². The predicted molar refractivity (Wildman–Crippen MR) is 49.1 cm³/mol. The van der Waals surface area contributed by atoms with Crippen LogP contribution in [0.1, 0.15) is 12.5 Å². The second-order valence-electron chi connectivity index (χ2n) is 3.04. The Morgan fingerprint density at radius 1 is 1.43 bits per heavy atom. The van der Waals surface area contributed by atoms with Gasteiger partial charge in [0.15, 0.2) is 0 Å². The van der Waals surface area contributed by atoms with Gasteiger partial charge in [-0.25, -0.2) is 9.18 Å². The van der Waals surface area contributed by atoms with Gasteiger partial charge in [0.1, 0.15) is 5.75 Å². The van der Waals surface area contributed by atoms with Crippen LogP contribution in [0.4, 0.5) is 4.39 Å². The molecule has 1 rings (SSSR count). The maximum atomic E-state index is 13.5. The van der Waals surface area contributed by atoms with Crippen LogP contribution in [0.2, 0.25) is 0 Å². The molecular weight excluding hydrogens is 187 g/mol. The first-order valence-corrected chi connectivity index (χ1v) is 4.05. The summed E-state index contributed by atoms with van der Waals surface area (Å²) >= 11 is 0. The Labute approximate surface area is 81.1 Å². The van der Waals surface area contributed by atoms with E-state index in [0.717, 1.165) is 6.92 Å². The maximum Gasteiger partial charge on any atom is 0.345 e. The van der Waals surface area contributed by atoms with Gasteiger partial charge in [-0.15, -0.1) is 0 Å². The number of aliphatic carboxylic acids is 1. The van der Waals surface area contributed by atoms with Crippen molar-refractivity contribution in [2.45, 2.75) is 12.6 Å². The molecule has 0 amide bonds. The molecule has 0 heterocycles. The third-order valence-corrected chi connectivity index (χ3v) is 2.03. The van der Waals surface area contributed by atoms with Gasteiger partial charge in [-0.1, -0.05) is 12.1 Å². The van der Waals surface area contributed by atoms with E-state index in [-0.39, 0.29) is 5.56 Å². The maximum absolute atomic E-state index is 13.5. The van der Waals surface area contributed by atoms with Gasteiger partial charge < -0.3 is 9.84 Å². The number of benzene rings is 1. The Balaban J connectivity index is 3.02. The van der Waals surface area contributed by atoms with Crippen molar-refractivity contribution < 1.29 is 19.0 Å². The van der Waals surface area contributed by atoms with Gasteiger partial charge >= 0.3 is 5.97 Å². The van der Waals surface area contributed by atoms with Crippen LogP contribution in [0.3, 0.4) is 0 Å². The topological polar surface area (TPSA) is 46.5 Å². The molecule has 1 N–H and O–H groups in total. The van der Waals surface area contributed by atoms with Crippen molar-refractivity contribution >= 4 is 5.97 Å². The normalized spacial score (nSPS) is 14.5. The summed E-state index contributed by atoms with van der Waals surface area (Å²) in [5, 5.41) is 8.61. The zero-order valence-corrected chi connectivity index (χ0v) is 7.95. The number of rotatable bonds is 3. The fourth-order valence-electron chi connectivity index (χ4n) is 1.03. The molecule has 76 valence electrons. The first-order chi connectivity index (χ1) is 6.48. The van der Waals surface area contributed by atoms with E-state index in [4.69, 9.17) is 9.84 Å². The van der Waals surface area contributed by atoms with Gasteiger partial charge in [-0.2, -0.15) is 0 Å². The summed E-state index contributed by atoms with van der Waals surface area (Å²) in [7, 11) is 1.49. The standard InChI is InChI=1S/C10H11FO3/c1-10(11,9(12)13)7-3-5-8(14-2)6-4-7/h3-6H,1-2H3,(H,12,13). The molecule has 0 radical (unpaired) electrons. The van der Waals surface area contributed by atoms with E-state index in [1.54, 1.807) is 0 Å². The minimum Gasteiger partial charge on any atom is -0.497 e. The fraction of sp³-hybridized carbons (Fsp3) is 0.300. The highest BCUT2D eigenvalue weighted by atomic mass is 19.1. The predicted octanol–water partition coefficient (Wildman–Crippen LogP) is 1.96. The minimum absolute atomic E-state index is 0.103. The van der Waals surface area contributed by atoms with E-state index in [1.807, 2.05) is 0 Å². The minimum atomic E-state index is -2.35. The van der Waals surface area contributed by atoms with Crippen molar-refractivity contribution in [2.24, 2.45) is 0 Å². The summed E-state index contributed by atoms with van der Waals surface area (Å²) < 4.78 is 18.4. The number of carboxylic acid groups (broad SMARTS) is 1. The van der Waals surface area contributed by atoms with Gasteiger partial charge in [-0.3, -0.25) is 0 Å². The molecule has 0 spiro atoms. The van der Waals surface area contributed by atoms with Gasteiger partial charge in [-0.05, 0) is 19.1 Å². The fourth-order valence-corrected chi connectivity index (χ4v) is 1.03. The second-order valence-corrected chi connectivity index (χ2v) is 3.04. The molecule has 1 aromatic rings. The summed E-state index contributed by atoms with van der Waals surface area (Å²) in [5.74, 6) is -0.933. The summed E-state index contributed by atoms with van der Waals surface area (Å²) in [6.45, 7) is 1.01. The zero-order chi connectivity index (χ0) is 10.8. The van der Waals surface area contributed by atoms with E-state index in [9.17, 15) is 9.18 Å². The van der Waals surface area contributed by atoms with Gasteiger partial charge in [0.25, 0.3) is 0 Å². The third-order valence-electron chi connectivity index (χ3n) is 2.03. The summed E-state index contributed by atoms with van der Waals surface area (Å²) in [4.78, 5) is 10.6. The van der Waals surface area contributed by atoms with E-state index >= 15 is 0 Å². The zero-order valence-electron chi connectivity index (χ0n) is 7.95. The molecular formula is C10H11FO3. The van der Waals surface area contributed by atoms with E-state index in [2.05, 4.69) is 0 Å². The number of halogens is 1. The first kappa shape index (κ1) is 10.5. The van der Waals surface area contributed by atoms with Crippen LogP contribution in [0.5, 0.6) is 5.75 Å². The lowest BCUT2D eigenvalue weighted by Gasteiger charge is -2.15. The molecule has 14 heavy (non-hydrogen) atoms. The molecule has 4 heteroatoms. The number of alkyl halides is 1. The average Bonchev–Trinajstić information content (AvgIpc) is 2.17. The van der Waals surface area contributed by atoms with Crippen molar-refractivity contribution in [3.63, 3.8) is 0 Å². The molecule has 3 nitrogen and oxygen atoms in total. The Morgan fingerprint density at radius 3 is 2.29 bits per heavy atom. The molecule has 0 saturated carbocycles. The highest BCUT2D eigenvalue weighted by Crippen LogP contribution is 2.27. The van der Waals surface area contributed by atoms with Gasteiger partial charge in [0, 0.05) is 5.56 Å². The van der Waals surface area contributed by atoms with Crippen molar-refractivity contribution in [1.29, 1.82) is 0 Å². The van der Waals surface area contributed by atoms with Crippen LogP contribution >= 0.6 is 0 Å². The molecule has 0 aliphatic rings. The number of hydrogen-bond acceptors (Lipinski definition) is 2. The van der Waals surface area contributed by atoms with Crippen LogP contribution in [-0.2, 0) is 10.5 Å². The van der Waals surface area contributed by atoms with E-state index < -0.39 is 11.6 Å². The van der Waals surface area contributed by atoms with Crippen molar-refractivity contribution in [3.8, 4) is 5.75 Å². The van der Waals surface area contributed by atoms with E-state index in [1.165, 1.54) is 31.4 Å². The highest BCUT2D eigenvalue weighted by molar-refractivity contribution is 5.78. The van der Waals surface area contributed by atoms with Crippen LogP contribution in [0.25, 0.3) is 0 Å². The SMILES string of the molecule is COc1ccc(C(C)(F)C(=O)O)cc1. The number of carbonyl (C=O) groups is 1. The smallest absolute Gasteiger partial charge is 0.345 e. The van der Waals surface area contributed by atoms with Crippen LogP contribution in [0, 0.1) is 0 Å². The molecule has 0 bridgehead atoms. The van der Waals surface area contributed by atoms with Gasteiger partial charge in [0.05, 0.1) is 7.11 Å².